The maximum Gasteiger partial charge on any atom is 0.121 e. The van der Waals surface area contributed by atoms with Crippen LogP contribution in [0.15, 0.2) is 24.3 Å². The van der Waals surface area contributed by atoms with Crippen molar-refractivity contribution in [3.63, 3.8) is 0 Å². The molecule has 1 aromatic rings. The standard InChI is InChI=1S/C14H18ClNO/c15-12-2-1-3-13(8-12)17-14(10-4-5-10)11-6-7-16-9-11/h1-3,8,10-11,14,16H,4-7,9H2/t11-,14+/m0/s1. The van der Waals surface area contributed by atoms with E-state index in [1.54, 1.807) is 0 Å². The Morgan fingerprint density at radius 2 is 2.12 bits per heavy atom. The monoisotopic (exact) mass is 251 g/mol. The highest BCUT2D eigenvalue weighted by Gasteiger charge is 2.39. The number of hydrogen-bond donors (Lipinski definition) is 1. The van der Waals surface area contributed by atoms with Crippen LogP contribution in [0.1, 0.15) is 19.3 Å². The van der Waals surface area contributed by atoms with Crippen molar-refractivity contribution in [2.75, 3.05) is 13.1 Å². The van der Waals surface area contributed by atoms with Gasteiger partial charge in [0.25, 0.3) is 0 Å². The van der Waals surface area contributed by atoms with Crippen molar-refractivity contribution >= 4 is 11.6 Å². The van der Waals surface area contributed by atoms with Crippen LogP contribution in [0.2, 0.25) is 5.02 Å². The zero-order valence-corrected chi connectivity index (χ0v) is 10.6. The molecule has 0 amide bonds. The van der Waals surface area contributed by atoms with E-state index < -0.39 is 0 Å². The lowest BCUT2D eigenvalue weighted by atomic mass is 9.97. The molecule has 0 spiro atoms. The van der Waals surface area contributed by atoms with Gasteiger partial charge in [0.05, 0.1) is 0 Å². The summed E-state index contributed by atoms with van der Waals surface area (Å²) in [6.07, 6.45) is 4.26. The number of halogens is 1. The number of ether oxygens (including phenoxy) is 1. The molecule has 3 heteroatoms. The largest absolute Gasteiger partial charge is 0.490 e. The molecule has 1 aliphatic carbocycles. The van der Waals surface area contributed by atoms with Gasteiger partial charge < -0.3 is 10.1 Å². The van der Waals surface area contributed by atoms with Gasteiger partial charge in [-0.25, -0.2) is 0 Å². The first kappa shape index (κ1) is 11.4. The molecule has 2 nitrogen and oxygen atoms in total. The Bertz CT molecular complexity index is 386. The summed E-state index contributed by atoms with van der Waals surface area (Å²) in [5, 5.41) is 4.18. The lowest BCUT2D eigenvalue weighted by molar-refractivity contribution is 0.121. The Kier molecular flexibility index (Phi) is 3.26. The molecule has 2 atom stereocenters. The Labute approximate surface area is 107 Å². The molecule has 0 bridgehead atoms. The summed E-state index contributed by atoms with van der Waals surface area (Å²) in [6, 6.07) is 7.76. The van der Waals surface area contributed by atoms with E-state index in [0.717, 1.165) is 29.8 Å². The zero-order valence-electron chi connectivity index (χ0n) is 9.86. The molecule has 17 heavy (non-hydrogen) atoms. The van der Waals surface area contributed by atoms with Crippen LogP contribution in [0, 0.1) is 11.8 Å². The van der Waals surface area contributed by atoms with Crippen molar-refractivity contribution in [2.45, 2.75) is 25.4 Å². The van der Waals surface area contributed by atoms with Gasteiger partial charge in [-0.15, -0.1) is 0 Å². The van der Waals surface area contributed by atoms with E-state index in [-0.39, 0.29) is 0 Å². The van der Waals surface area contributed by atoms with Crippen molar-refractivity contribution in [3.05, 3.63) is 29.3 Å². The van der Waals surface area contributed by atoms with E-state index in [2.05, 4.69) is 5.32 Å². The second-order valence-corrected chi connectivity index (χ2v) is 5.57. The van der Waals surface area contributed by atoms with Crippen LogP contribution in [0.3, 0.4) is 0 Å². The van der Waals surface area contributed by atoms with Crippen LogP contribution in [-0.4, -0.2) is 19.2 Å². The lowest BCUT2D eigenvalue weighted by Crippen LogP contribution is -2.30. The van der Waals surface area contributed by atoms with Gasteiger partial charge in [0.2, 0.25) is 0 Å². The quantitative estimate of drug-likeness (QED) is 0.888. The first-order chi connectivity index (χ1) is 8.33. The first-order valence-corrected chi connectivity index (χ1v) is 6.83. The van der Waals surface area contributed by atoms with E-state index in [0.29, 0.717) is 12.0 Å². The van der Waals surface area contributed by atoms with E-state index >= 15 is 0 Å². The van der Waals surface area contributed by atoms with Crippen LogP contribution in [-0.2, 0) is 0 Å². The molecule has 1 saturated carbocycles. The predicted molar refractivity (Wildman–Crippen MR) is 69.6 cm³/mol. The maximum atomic E-state index is 6.18. The van der Waals surface area contributed by atoms with Gasteiger partial charge in [-0.05, 0) is 49.9 Å². The molecule has 1 heterocycles. The van der Waals surface area contributed by atoms with Gasteiger partial charge in [-0.3, -0.25) is 0 Å². The summed E-state index contributed by atoms with van der Waals surface area (Å²) in [6.45, 7) is 2.23. The van der Waals surface area contributed by atoms with Gasteiger partial charge in [-0.2, -0.15) is 0 Å². The Morgan fingerprint density at radius 1 is 1.24 bits per heavy atom. The molecule has 0 unspecified atom stereocenters. The SMILES string of the molecule is Clc1cccc(O[C@H](C2CC2)[C@H]2CCNC2)c1. The highest BCUT2D eigenvalue weighted by atomic mass is 35.5. The normalized spacial score (nSPS) is 25.8. The Morgan fingerprint density at radius 3 is 2.76 bits per heavy atom. The van der Waals surface area contributed by atoms with Gasteiger partial charge in [0.15, 0.2) is 0 Å². The molecule has 1 aliphatic heterocycles. The van der Waals surface area contributed by atoms with E-state index in [9.17, 15) is 0 Å². The van der Waals surface area contributed by atoms with Crippen LogP contribution in [0.4, 0.5) is 0 Å². The minimum absolute atomic E-state index is 0.378. The van der Waals surface area contributed by atoms with Gasteiger partial charge in [-0.1, -0.05) is 17.7 Å². The zero-order chi connectivity index (χ0) is 11.7. The Balaban J connectivity index is 1.71. The molecule has 2 aliphatic rings. The van der Waals surface area contributed by atoms with Crippen molar-refractivity contribution in [3.8, 4) is 5.75 Å². The number of nitrogens with one attached hydrogen (secondary N) is 1. The topological polar surface area (TPSA) is 21.3 Å². The smallest absolute Gasteiger partial charge is 0.121 e. The second kappa shape index (κ2) is 4.87. The lowest BCUT2D eigenvalue weighted by Gasteiger charge is -2.24. The average molecular weight is 252 g/mol. The number of hydrogen-bond acceptors (Lipinski definition) is 2. The highest BCUT2D eigenvalue weighted by Crippen LogP contribution is 2.39. The molecule has 92 valence electrons. The van der Waals surface area contributed by atoms with Gasteiger partial charge in [0, 0.05) is 17.5 Å². The van der Waals surface area contributed by atoms with Crippen molar-refractivity contribution in [1.29, 1.82) is 0 Å². The molecular weight excluding hydrogens is 234 g/mol. The number of benzene rings is 1. The second-order valence-electron chi connectivity index (χ2n) is 5.13. The summed E-state index contributed by atoms with van der Waals surface area (Å²) in [7, 11) is 0. The fourth-order valence-corrected chi connectivity index (χ4v) is 2.84. The molecule has 1 saturated heterocycles. The molecule has 0 radical (unpaired) electrons. The third-order valence-corrected chi connectivity index (χ3v) is 3.95. The van der Waals surface area contributed by atoms with E-state index in [4.69, 9.17) is 16.3 Å². The molecule has 3 rings (SSSR count). The fourth-order valence-electron chi connectivity index (χ4n) is 2.66. The predicted octanol–water partition coefficient (Wildman–Crippen LogP) is 3.11. The summed E-state index contributed by atoms with van der Waals surface area (Å²) < 4.78 is 6.18. The minimum atomic E-state index is 0.378. The van der Waals surface area contributed by atoms with E-state index in [1.165, 1.54) is 19.3 Å². The summed E-state index contributed by atoms with van der Waals surface area (Å²) in [5.74, 6) is 2.35. The highest BCUT2D eigenvalue weighted by molar-refractivity contribution is 6.30. The summed E-state index contributed by atoms with van der Waals surface area (Å²) >= 11 is 5.99. The third-order valence-electron chi connectivity index (χ3n) is 3.72. The summed E-state index contributed by atoms with van der Waals surface area (Å²) in [4.78, 5) is 0. The van der Waals surface area contributed by atoms with Gasteiger partial charge in [0.1, 0.15) is 11.9 Å². The van der Waals surface area contributed by atoms with Crippen LogP contribution in [0.5, 0.6) is 5.75 Å². The van der Waals surface area contributed by atoms with E-state index in [1.807, 2.05) is 24.3 Å². The minimum Gasteiger partial charge on any atom is -0.490 e. The van der Waals surface area contributed by atoms with Crippen molar-refractivity contribution in [2.24, 2.45) is 11.8 Å². The Hall–Kier alpha value is -0.730. The molecule has 2 fully saturated rings. The number of rotatable bonds is 4. The third kappa shape index (κ3) is 2.75. The van der Waals surface area contributed by atoms with Crippen LogP contribution >= 0.6 is 11.6 Å². The average Bonchev–Trinajstić information content (AvgIpc) is 3.01. The molecule has 1 N–H and O–H groups in total. The maximum absolute atomic E-state index is 6.18. The molecule has 0 aromatic heterocycles. The first-order valence-electron chi connectivity index (χ1n) is 6.46. The van der Waals surface area contributed by atoms with Gasteiger partial charge >= 0.3 is 0 Å². The van der Waals surface area contributed by atoms with Crippen molar-refractivity contribution in [1.82, 2.24) is 5.32 Å². The molecular formula is C14H18ClNO. The van der Waals surface area contributed by atoms with Crippen molar-refractivity contribution < 1.29 is 4.74 Å². The van der Waals surface area contributed by atoms with Crippen LogP contribution < -0.4 is 10.1 Å². The van der Waals surface area contributed by atoms with Crippen LogP contribution in [0.25, 0.3) is 0 Å². The summed E-state index contributed by atoms with van der Waals surface area (Å²) in [5.41, 5.74) is 0. The molecule has 1 aromatic carbocycles. The fraction of sp³-hybridized carbons (Fsp3) is 0.571.